The molecule has 0 aromatic heterocycles. The van der Waals surface area contributed by atoms with Gasteiger partial charge in [0, 0.05) is 16.5 Å². The highest BCUT2D eigenvalue weighted by molar-refractivity contribution is 7.99. The maximum Gasteiger partial charge on any atom is 0.234 e. The molecule has 0 heterocycles. The number of carbonyl (C=O) groups excluding carboxylic acids is 1. The van der Waals surface area contributed by atoms with Gasteiger partial charge in [-0.25, -0.2) is 0 Å². The first-order chi connectivity index (χ1) is 10.1. The van der Waals surface area contributed by atoms with E-state index in [-0.39, 0.29) is 5.91 Å². The van der Waals surface area contributed by atoms with Gasteiger partial charge in [0.15, 0.2) is 0 Å². The zero-order chi connectivity index (χ0) is 15.2. The first kappa shape index (κ1) is 15.9. The number of thioether (sulfide) groups is 1. The number of amides is 1. The van der Waals surface area contributed by atoms with Gasteiger partial charge in [-0.05, 0) is 37.1 Å². The van der Waals surface area contributed by atoms with E-state index in [0.717, 1.165) is 27.6 Å². The van der Waals surface area contributed by atoms with Crippen LogP contribution in [-0.4, -0.2) is 11.7 Å². The van der Waals surface area contributed by atoms with Gasteiger partial charge in [-0.3, -0.25) is 4.79 Å². The molecule has 0 atom stereocenters. The largest absolute Gasteiger partial charge is 0.325 e. The van der Waals surface area contributed by atoms with Gasteiger partial charge in [0.25, 0.3) is 0 Å². The number of anilines is 1. The molecule has 0 bridgehead atoms. The Labute approximate surface area is 134 Å². The molecule has 0 aliphatic rings. The second kappa shape index (κ2) is 7.53. The van der Waals surface area contributed by atoms with Crippen molar-refractivity contribution in [1.29, 1.82) is 0 Å². The predicted octanol–water partition coefficient (Wildman–Crippen LogP) is 4.83. The lowest BCUT2D eigenvalue weighted by molar-refractivity contribution is -0.113. The number of rotatable bonds is 5. The van der Waals surface area contributed by atoms with Crippen molar-refractivity contribution in [3.63, 3.8) is 0 Å². The summed E-state index contributed by atoms with van der Waals surface area (Å²) < 4.78 is 0. The van der Waals surface area contributed by atoms with Gasteiger partial charge in [0.2, 0.25) is 5.91 Å². The first-order valence-corrected chi connectivity index (χ1v) is 8.28. The lowest BCUT2D eigenvalue weighted by atomic mass is 10.1. The van der Waals surface area contributed by atoms with E-state index < -0.39 is 0 Å². The van der Waals surface area contributed by atoms with E-state index in [1.807, 2.05) is 50.2 Å². The summed E-state index contributed by atoms with van der Waals surface area (Å²) in [6.07, 6.45) is 0. The fourth-order valence-corrected chi connectivity index (χ4v) is 3.12. The fraction of sp³-hybridized carbons (Fsp3) is 0.235. The van der Waals surface area contributed by atoms with Crippen LogP contribution in [0.5, 0.6) is 0 Å². The molecule has 2 aromatic carbocycles. The molecule has 2 nitrogen and oxygen atoms in total. The third-order valence-corrected chi connectivity index (χ3v) is 4.45. The fourth-order valence-electron chi connectivity index (χ4n) is 2.01. The standard InChI is InChI=1S/C17H18ClNOS/c1-12-7-8-16(13(2)9-12)19-17(20)11-21-10-14-5-3-4-6-15(14)18/h3-9H,10-11H2,1-2H3,(H,19,20). The Kier molecular flexibility index (Phi) is 5.71. The highest BCUT2D eigenvalue weighted by Gasteiger charge is 2.06. The van der Waals surface area contributed by atoms with E-state index in [2.05, 4.69) is 11.4 Å². The molecule has 110 valence electrons. The molecule has 0 saturated heterocycles. The Morgan fingerprint density at radius 1 is 1.19 bits per heavy atom. The van der Waals surface area contributed by atoms with Crippen LogP contribution in [0.4, 0.5) is 5.69 Å². The maximum atomic E-state index is 12.0. The van der Waals surface area contributed by atoms with Gasteiger partial charge in [-0.2, -0.15) is 0 Å². The monoisotopic (exact) mass is 319 g/mol. The summed E-state index contributed by atoms with van der Waals surface area (Å²) in [5.74, 6) is 1.16. The van der Waals surface area contributed by atoms with E-state index in [0.29, 0.717) is 5.75 Å². The van der Waals surface area contributed by atoms with Crippen LogP contribution in [0.1, 0.15) is 16.7 Å². The zero-order valence-electron chi connectivity index (χ0n) is 12.2. The van der Waals surface area contributed by atoms with Crippen molar-refractivity contribution in [2.45, 2.75) is 19.6 Å². The Balaban J connectivity index is 1.84. The smallest absolute Gasteiger partial charge is 0.234 e. The van der Waals surface area contributed by atoms with E-state index in [1.165, 1.54) is 5.56 Å². The summed E-state index contributed by atoms with van der Waals surface area (Å²) in [6.45, 7) is 4.04. The van der Waals surface area contributed by atoms with Crippen LogP contribution in [0.15, 0.2) is 42.5 Å². The Hall–Kier alpha value is -1.45. The lowest BCUT2D eigenvalue weighted by Gasteiger charge is -2.09. The molecular formula is C17H18ClNOS. The summed E-state index contributed by atoms with van der Waals surface area (Å²) in [4.78, 5) is 12.0. The molecule has 0 aliphatic heterocycles. The minimum Gasteiger partial charge on any atom is -0.325 e. The molecule has 0 spiro atoms. The highest BCUT2D eigenvalue weighted by atomic mass is 35.5. The van der Waals surface area contributed by atoms with Crippen molar-refractivity contribution in [3.05, 3.63) is 64.2 Å². The summed E-state index contributed by atoms with van der Waals surface area (Å²) >= 11 is 7.65. The van der Waals surface area contributed by atoms with E-state index in [1.54, 1.807) is 11.8 Å². The van der Waals surface area contributed by atoms with E-state index in [9.17, 15) is 4.79 Å². The SMILES string of the molecule is Cc1ccc(NC(=O)CSCc2ccccc2Cl)c(C)c1. The van der Waals surface area contributed by atoms with E-state index in [4.69, 9.17) is 11.6 Å². The van der Waals surface area contributed by atoms with Crippen molar-refractivity contribution >= 4 is 35.0 Å². The minimum atomic E-state index is 0.0130. The normalized spacial score (nSPS) is 10.4. The Bertz CT molecular complexity index is 642. The molecule has 1 amide bonds. The van der Waals surface area contributed by atoms with Crippen LogP contribution in [0, 0.1) is 13.8 Å². The molecule has 0 saturated carbocycles. The maximum absolute atomic E-state index is 12.0. The zero-order valence-corrected chi connectivity index (χ0v) is 13.7. The molecule has 2 aromatic rings. The first-order valence-electron chi connectivity index (χ1n) is 6.74. The Morgan fingerprint density at radius 2 is 1.95 bits per heavy atom. The van der Waals surface area contributed by atoms with Crippen LogP contribution >= 0.6 is 23.4 Å². The van der Waals surface area contributed by atoms with Crippen LogP contribution < -0.4 is 5.32 Å². The van der Waals surface area contributed by atoms with Gasteiger partial charge in [-0.1, -0.05) is 47.5 Å². The molecule has 1 N–H and O–H groups in total. The number of aryl methyl sites for hydroxylation is 2. The third-order valence-electron chi connectivity index (χ3n) is 3.10. The molecular weight excluding hydrogens is 302 g/mol. The second-order valence-corrected chi connectivity index (χ2v) is 6.34. The van der Waals surface area contributed by atoms with Gasteiger partial charge >= 0.3 is 0 Å². The second-order valence-electron chi connectivity index (χ2n) is 4.95. The average molecular weight is 320 g/mol. The summed E-state index contributed by atoms with van der Waals surface area (Å²) in [7, 11) is 0. The quantitative estimate of drug-likeness (QED) is 0.855. The molecule has 0 fully saturated rings. The van der Waals surface area contributed by atoms with Crippen LogP contribution in [0.2, 0.25) is 5.02 Å². The van der Waals surface area contributed by atoms with Crippen molar-refractivity contribution in [3.8, 4) is 0 Å². The van der Waals surface area contributed by atoms with Gasteiger partial charge in [0.05, 0.1) is 5.75 Å². The number of hydrogen-bond donors (Lipinski definition) is 1. The van der Waals surface area contributed by atoms with Gasteiger partial charge in [0.1, 0.15) is 0 Å². The van der Waals surface area contributed by atoms with Gasteiger partial charge < -0.3 is 5.32 Å². The van der Waals surface area contributed by atoms with Crippen molar-refractivity contribution in [2.24, 2.45) is 0 Å². The molecule has 21 heavy (non-hydrogen) atoms. The molecule has 4 heteroatoms. The average Bonchev–Trinajstić information content (AvgIpc) is 2.44. The highest BCUT2D eigenvalue weighted by Crippen LogP contribution is 2.21. The summed E-state index contributed by atoms with van der Waals surface area (Å²) in [5.41, 5.74) is 4.21. The molecule has 0 unspecified atom stereocenters. The number of hydrogen-bond acceptors (Lipinski definition) is 2. The minimum absolute atomic E-state index is 0.0130. The van der Waals surface area contributed by atoms with Crippen LogP contribution in [-0.2, 0) is 10.5 Å². The number of halogens is 1. The topological polar surface area (TPSA) is 29.1 Å². The van der Waals surface area contributed by atoms with Crippen molar-refractivity contribution in [1.82, 2.24) is 0 Å². The Morgan fingerprint density at radius 3 is 2.67 bits per heavy atom. The van der Waals surface area contributed by atoms with E-state index >= 15 is 0 Å². The molecule has 0 aliphatic carbocycles. The lowest BCUT2D eigenvalue weighted by Crippen LogP contribution is -2.15. The van der Waals surface area contributed by atoms with Crippen LogP contribution in [0.25, 0.3) is 0 Å². The number of carbonyl (C=O) groups is 1. The predicted molar refractivity (Wildman–Crippen MR) is 92.2 cm³/mol. The third kappa shape index (κ3) is 4.80. The van der Waals surface area contributed by atoms with Gasteiger partial charge in [-0.15, -0.1) is 11.8 Å². The summed E-state index contributed by atoms with van der Waals surface area (Å²) in [6, 6.07) is 13.7. The van der Waals surface area contributed by atoms with Crippen molar-refractivity contribution in [2.75, 3.05) is 11.1 Å². The number of nitrogens with one attached hydrogen (secondary N) is 1. The molecule has 2 rings (SSSR count). The number of benzene rings is 2. The molecule has 0 radical (unpaired) electrons. The van der Waals surface area contributed by atoms with Crippen molar-refractivity contribution < 1.29 is 4.79 Å². The summed E-state index contributed by atoms with van der Waals surface area (Å²) in [5, 5.41) is 3.70. The van der Waals surface area contributed by atoms with Crippen LogP contribution in [0.3, 0.4) is 0 Å².